The van der Waals surface area contributed by atoms with E-state index >= 15 is 0 Å². The largest absolute Gasteiger partial charge is 0.348 e. The number of rotatable bonds is 9. The number of nitrogens with zero attached hydrogens (tertiary/aromatic N) is 2. The molecule has 2 heterocycles. The molecule has 7 nitrogen and oxygen atoms in total. The van der Waals surface area contributed by atoms with E-state index in [-0.39, 0.29) is 23.8 Å². The molecule has 1 saturated heterocycles. The number of likely N-dealkylation sites (tertiary alicyclic amines) is 1. The first kappa shape index (κ1) is 27.8. The standard InChI is InChI=1S/C28H40N4O3S/c1-7-8-11-23(33)31-25(28(4,5)6)27(35)32-16-9-10-22(32)26(34)30-18(2)20-12-14-21(15-13-20)24-19(3)29-17-36-24/h12-15,17-18,22,25H,7-11,16H2,1-6H3,(H,30,34)(H,31,33). The molecule has 1 fully saturated rings. The average Bonchev–Trinajstić information content (AvgIpc) is 3.49. The van der Waals surface area contributed by atoms with Gasteiger partial charge in [-0.1, -0.05) is 58.4 Å². The highest BCUT2D eigenvalue weighted by molar-refractivity contribution is 7.13. The Morgan fingerprint density at radius 1 is 1.17 bits per heavy atom. The lowest BCUT2D eigenvalue weighted by atomic mass is 9.85. The minimum absolute atomic E-state index is 0.115. The first-order chi connectivity index (χ1) is 17.0. The van der Waals surface area contributed by atoms with E-state index in [1.54, 1.807) is 16.2 Å². The van der Waals surface area contributed by atoms with Gasteiger partial charge in [0.2, 0.25) is 17.7 Å². The Kier molecular flexibility index (Phi) is 9.28. The van der Waals surface area contributed by atoms with Crippen molar-refractivity contribution in [1.82, 2.24) is 20.5 Å². The highest BCUT2D eigenvalue weighted by Gasteiger charge is 2.42. The average molecular weight is 513 g/mol. The molecule has 1 aromatic heterocycles. The van der Waals surface area contributed by atoms with Gasteiger partial charge in [-0.2, -0.15) is 0 Å². The van der Waals surface area contributed by atoms with Crippen molar-refractivity contribution in [3.05, 3.63) is 41.0 Å². The maximum Gasteiger partial charge on any atom is 0.246 e. The number of hydrogen-bond donors (Lipinski definition) is 2. The maximum atomic E-state index is 13.6. The zero-order chi connectivity index (χ0) is 26.5. The van der Waals surface area contributed by atoms with E-state index in [2.05, 4.69) is 27.8 Å². The van der Waals surface area contributed by atoms with Crippen LogP contribution in [0.1, 0.15) is 84.0 Å². The summed E-state index contributed by atoms with van der Waals surface area (Å²) in [5.41, 5.74) is 4.50. The molecule has 3 atom stereocenters. The van der Waals surface area contributed by atoms with E-state index in [9.17, 15) is 14.4 Å². The Hall–Kier alpha value is -2.74. The van der Waals surface area contributed by atoms with Crippen LogP contribution in [0.4, 0.5) is 0 Å². The Bertz CT molecular complexity index is 1060. The number of unbranched alkanes of at least 4 members (excludes halogenated alkanes) is 1. The third-order valence-corrected chi connectivity index (χ3v) is 7.77. The summed E-state index contributed by atoms with van der Waals surface area (Å²) >= 11 is 1.61. The van der Waals surface area contributed by atoms with Crippen LogP contribution in [0.5, 0.6) is 0 Å². The Labute approximate surface area is 219 Å². The molecule has 36 heavy (non-hydrogen) atoms. The van der Waals surface area contributed by atoms with Gasteiger partial charge in [-0.05, 0) is 49.7 Å². The summed E-state index contributed by atoms with van der Waals surface area (Å²) in [5, 5.41) is 6.05. The summed E-state index contributed by atoms with van der Waals surface area (Å²) in [5.74, 6) is -0.446. The van der Waals surface area contributed by atoms with E-state index in [0.29, 0.717) is 19.4 Å². The third kappa shape index (κ3) is 6.72. The van der Waals surface area contributed by atoms with Gasteiger partial charge in [0.15, 0.2) is 0 Å². The first-order valence-corrected chi connectivity index (χ1v) is 13.8. The molecule has 0 saturated carbocycles. The van der Waals surface area contributed by atoms with Crippen LogP contribution in [-0.4, -0.2) is 46.2 Å². The summed E-state index contributed by atoms with van der Waals surface area (Å²) in [6.07, 6.45) is 3.49. The first-order valence-electron chi connectivity index (χ1n) is 12.9. The third-order valence-electron chi connectivity index (χ3n) is 6.79. The molecule has 8 heteroatoms. The lowest BCUT2D eigenvalue weighted by Crippen LogP contribution is -2.57. The monoisotopic (exact) mass is 512 g/mol. The van der Waals surface area contributed by atoms with Gasteiger partial charge < -0.3 is 15.5 Å². The zero-order valence-electron chi connectivity index (χ0n) is 22.4. The van der Waals surface area contributed by atoms with Crippen molar-refractivity contribution in [3.63, 3.8) is 0 Å². The summed E-state index contributed by atoms with van der Waals surface area (Å²) < 4.78 is 0. The zero-order valence-corrected chi connectivity index (χ0v) is 23.2. The lowest BCUT2D eigenvalue weighted by Gasteiger charge is -2.35. The van der Waals surface area contributed by atoms with Crippen LogP contribution < -0.4 is 10.6 Å². The Balaban J connectivity index is 1.67. The van der Waals surface area contributed by atoms with Gasteiger partial charge in [-0.25, -0.2) is 4.98 Å². The Morgan fingerprint density at radius 3 is 2.44 bits per heavy atom. The van der Waals surface area contributed by atoms with E-state index in [0.717, 1.165) is 41.0 Å². The number of thiazole rings is 1. The number of aryl methyl sites for hydroxylation is 1. The SMILES string of the molecule is CCCCC(=O)NC(C(=O)N1CCCC1C(=O)NC(C)c1ccc(-c2scnc2C)cc1)C(C)(C)C. The highest BCUT2D eigenvalue weighted by atomic mass is 32.1. The van der Waals surface area contributed by atoms with Gasteiger partial charge in [-0.3, -0.25) is 14.4 Å². The second-order valence-corrected chi connectivity index (χ2v) is 11.6. The molecule has 2 aromatic rings. The van der Waals surface area contributed by atoms with E-state index in [1.807, 2.05) is 59.2 Å². The summed E-state index contributed by atoms with van der Waals surface area (Å²) in [6, 6.07) is 6.76. The number of benzene rings is 1. The summed E-state index contributed by atoms with van der Waals surface area (Å²) in [7, 11) is 0. The predicted octanol–water partition coefficient (Wildman–Crippen LogP) is 5.01. The second-order valence-electron chi connectivity index (χ2n) is 10.8. The van der Waals surface area contributed by atoms with Gasteiger partial charge in [0.05, 0.1) is 22.1 Å². The van der Waals surface area contributed by atoms with Crippen LogP contribution in [0.2, 0.25) is 0 Å². The van der Waals surface area contributed by atoms with Gasteiger partial charge >= 0.3 is 0 Å². The number of hydrogen-bond acceptors (Lipinski definition) is 5. The van der Waals surface area contributed by atoms with E-state index in [1.165, 1.54) is 0 Å². The number of carbonyl (C=O) groups excluding carboxylic acids is 3. The molecule has 196 valence electrons. The molecule has 3 rings (SSSR count). The molecule has 0 bridgehead atoms. The number of aromatic nitrogens is 1. The molecule has 1 aliphatic heterocycles. The van der Waals surface area contributed by atoms with Gasteiger partial charge in [0.1, 0.15) is 12.1 Å². The smallest absolute Gasteiger partial charge is 0.246 e. The van der Waals surface area contributed by atoms with Crippen LogP contribution in [0.25, 0.3) is 10.4 Å². The minimum atomic E-state index is -0.671. The fourth-order valence-electron chi connectivity index (χ4n) is 4.58. The van der Waals surface area contributed by atoms with Crippen molar-refractivity contribution in [2.45, 2.75) is 91.8 Å². The number of amides is 3. The molecule has 0 aliphatic carbocycles. The van der Waals surface area contributed by atoms with Crippen molar-refractivity contribution in [2.75, 3.05) is 6.54 Å². The van der Waals surface area contributed by atoms with Gasteiger partial charge in [-0.15, -0.1) is 11.3 Å². The molecule has 3 amide bonds. The topological polar surface area (TPSA) is 91.4 Å². The van der Waals surface area contributed by atoms with Crippen molar-refractivity contribution >= 4 is 29.1 Å². The fourth-order valence-corrected chi connectivity index (χ4v) is 5.39. The lowest BCUT2D eigenvalue weighted by molar-refractivity contribution is -0.144. The quantitative estimate of drug-likeness (QED) is 0.494. The van der Waals surface area contributed by atoms with Crippen LogP contribution in [-0.2, 0) is 14.4 Å². The molecule has 3 unspecified atom stereocenters. The van der Waals surface area contributed by atoms with Gasteiger partial charge in [0, 0.05) is 13.0 Å². The highest BCUT2D eigenvalue weighted by Crippen LogP contribution is 2.29. The Morgan fingerprint density at radius 2 is 1.86 bits per heavy atom. The van der Waals surface area contributed by atoms with Crippen LogP contribution in [0.3, 0.4) is 0 Å². The predicted molar refractivity (Wildman–Crippen MR) is 144 cm³/mol. The van der Waals surface area contributed by atoms with Crippen molar-refractivity contribution in [3.8, 4) is 10.4 Å². The number of nitrogens with one attached hydrogen (secondary N) is 2. The van der Waals surface area contributed by atoms with Crippen LogP contribution in [0.15, 0.2) is 29.8 Å². The van der Waals surface area contributed by atoms with E-state index < -0.39 is 17.5 Å². The van der Waals surface area contributed by atoms with Crippen LogP contribution in [0, 0.1) is 12.3 Å². The van der Waals surface area contributed by atoms with Crippen molar-refractivity contribution in [1.29, 1.82) is 0 Å². The normalized spacial score (nSPS) is 17.5. The minimum Gasteiger partial charge on any atom is -0.348 e. The summed E-state index contributed by atoms with van der Waals surface area (Å²) in [4.78, 5) is 46.4. The molecular weight excluding hydrogens is 472 g/mol. The summed E-state index contributed by atoms with van der Waals surface area (Å²) in [6.45, 7) is 12.3. The van der Waals surface area contributed by atoms with Crippen molar-refractivity contribution < 1.29 is 14.4 Å². The molecule has 2 N–H and O–H groups in total. The molecule has 0 radical (unpaired) electrons. The van der Waals surface area contributed by atoms with Crippen molar-refractivity contribution in [2.24, 2.45) is 5.41 Å². The molecule has 1 aromatic carbocycles. The number of carbonyl (C=O) groups is 3. The molecular formula is C28H40N4O3S. The maximum absolute atomic E-state index is 13.6. The van der Waals surface area contributed by atoms with E-state index in [4.69, 9.17) is 0 Å². The molecule has 1 aliphatic rings. The second kappa shape index (κ2) is 12.0. The van der Waals surface area contributed by atoms with Gasteiger partial charge in [0.25, 0.3) is 0 Å². The molecule has 0 spiro atoms. The van der Waals surface area contributed by atoms with Crippen LogP contribution >= 0.6 is 11.3 Å². The fraction of sp³-hybridized carbons (Fsp3) is 0.571.